The van der Waals surface area contributed by atoms with E-state index >= 15 is 0 Å². The van der Waals surface area contributed by atoms with Crippen LogP contribution in [-0.2, 0) is 9.53 Å². The first kappa shape index (κ1) is 12.6. The van der Waals surface area contributed by atoms with Gasteiger partial charge in [-0.25, -0.2) is 4.79 Å². The Labute approximate surface area is 105 Å². The summed E-state index contributed by atoms with van der Waals surface area (Å²) in [7, 11) is 1.31. The number of carbonyl (C=O) groups excluding carboxylic acids is 2. The van der Waals surface area contributed by atoms with Gasteiger partial charge in [0.15, 0.2) is 0 Å². The standard InChI is InChI=1S/C13H15NO4/c1-18-13(17)10-4-2-3-5-11(10)14-7-6-9(15)8-12(14)16/h2-5,9,15H,6-8H2,1H3. The normalized spacial score (nSPS) is 19.8. The van der Waals surface area contributed by atoms with Crippen molar-refractivity contribution in [1.29, 1.82) is 0 Å². The maximum Gasteiger partial charge on any atom is 0.339 e. The Bertz CT molecular complexity index is 472. The molecule has 1 aromatic carbocycles. The fraction of sp³-hybridized carbons (Fsp3) is 0.385. The number of piperidine rings is 1. The molecule has 96 valence electrons. The van der Waals surface area contributed by atoms with Crippen LogP contribution in [0.2, 0.25) is 0 Å². The van der Waals surface area contributed by atoms with E-state index in [0.29, 0.717) is 24.2 Å². The van der Waals surface area contributed by atoms with E-state index in [1.165, 1.54) is 12.0 Å². The van der Waals surface area contributed by atoms with E-state index in [2.05, 4.69) is 0 Å². The maximum absolute atomic E-state index is 11.9. The average molecular weight is 249 g/mol. The van der Waals surface area contributed by atoms with Gasteiger partial charge in [0, 0.05) is 6.54 Å². The van der Waals surface area contributed by atoms with Gasteiger partial charge >= 0.3 is 5.97 Å². The number of ether oxygens (including phenoxy) is 1. The molecular weight excluding hydrogens is 234 g/mol. The van der Waals surface area contributed by atoms with Crippen LogP contribution < -0.4 is 4.90 Å². The van der Waals surface area contributed by atoms with E-state index in [-0.39, 0.29) is 12.3 Å². The molecule has 1 N–H and O–H groups in total. The molecule has 1 saturated heterocycles. The largest absolute Gasteiger partial charge is 0.465 e. The highest BCUT2D eigenvalue weighted by Gasteiger charge is 2.28. The molecule has 0 bridgehead atoms. The van der Waals surface area contributed by atoms with Crippen LogP contribution >= 0.6 is 0 Å². The Morgan fingerprint density at radius 2 is 2.17 bits per heavy atom. The molecule has 0 saturated carbocycles. The Balaban J connectivity index is 2.33. The first-order valence-corrected chi connectivity index (χ1v) is 5.79. The average Bonchev–Trinajstić information content (AvgIpc) is 2.38. The molecule has 0 spiro atoms. The number of para-hydroxylation sites is 1. The minimum atomic E-state index is -0.584. The summed E-state index contributed by atoms with van der Waals surface area (Å²) < 4.78 is 4.70. The third-order valence-electron chi connectivity index (χ3n) is 3.00. The maximum atomic E-state index is 11.9. The SMILES string of the molecule is COC(=O)c1ccccc1N1CCC(O)CC1=O. The monoisotopic (exact) mass is 249 g/mol. The van der Waals surface area contributed by atoms with Crippen molar-refractivity contribution < 1.29 is 19.4 Å². The molecule has 5 nitrogen and oxygen atoms in total. The smallest absolute Gasteiger partial charge is 0.339 e. The lowest BCUT2D eigenvalue weighted by Gasteiger charge is -2.30. The third-order valence-corrected chi connectivity index (χ3v) is 3.00. The van der Waals surface area contributed by atoms with E-state index < -0.39 is 12.1 Å². The number of anilines is 1. The van der Waals surface area contributed by atoms with Crippen molar-refractivity contribution in [1.82, 2.24) is 0 Å². The van der Waals surface area contributed by atoms with Gasteiger partial charge in [0.2, 0.25) is 5.91 Å². The van der Waals surface area contributed by atoms with Gasteiger partial charge in [-0.3, -0.25) is 4.79 Å². The highest BCUT2D eigenvalue weighted by molar-refractivity contribution is 6.03. The van der Waals surface area contributed by atoms with Crippen LogP contribution in [0, 0.1) is 0 Å². The number of benzene rings is 1. The molecule has 1 aromatic rings. The summed E-state index contributed by atoms with van der Waals surface area (Å²) in [5, 5.41) is 9.43. The number of aliphatic hydroxyl groups is 1. The molecule has 0 aliphatic carbocycles. The van der Waals surface area contributed by atoms with E-state index in [4.69, 9.17) is 4.74 Å². The van der Waals surface area contributed by atoms with Crippen molar-refractivity contribution in [2.45, 2.75) is 18.9 Å². The summed E-state index contributed by atoms with van der Waals surface area (Å²) in [6.07, 6.45) is 0.0237. The van der Waals surface area contributed by atoms with E-state index in [0.717, 1.165) is 0 Å². The van der Waals surface area contributed by atoms with Gasteiger partial charge in [-0.15, -0.1) is 0 Å². The van der Waals surface area contributed by atoms with Gasteiger partial charge in [0.05, 0.1) is 30.9 Å². The first-order chi connectivity index (χ1) is 8.63. The number of amides is 1. The lowest BCUT2D eigenvalue weighted by Crippen LogP contribution is -2.41. The molecule has 1 amide bonds. The van der Waals surface area contributed by atoms with Gasteiger partial charge in [-0.1, -0.05) is 12.1 Å². The zero-order valence-corrected chi connectivity index (χ0v) is 10.1. The zero-order valence-electron chi connectivity index (χ0n) is 10.1. The number of aliphatic hydroxyl groups excluding tert-OH is 1. The fourth-order valence-corrected chi connectivity index (χ4v) is 2.06. The number of rotatable bonds is 2. The molecule has 1 atom stereocenters. The number of carbonyl (C=O) groups is 2. The van der Waals surface area contributed by atoms with E-state index in [1.54, 1.807) is 24.3 Å². The lowest BCUT2D eigenvalue weighted by atomic mass is 10.0. The van der Waals surface area contributed by atoms with E-state index in [9.17, 15) is 14.7 Å². The predicted molar refractivity (Wildman–Crippen MR) is 65.4 cm³/mol. The van der Waals surface area contributed by atoms with Crippen molar-refractivity contribution in [3.63, 3.8) is 0 Å². The summed E-state index contributed by atoms with van der Waals surface area (Å²) in [6, 6.07) is 6.82. The quantitative estimate of drug-likeness (QED) is 0.793. The molecule has 5 heteroatoms. The van der Waals surface area contributed by atoms with Gasteiger partial charge in [-0.05, 0) is 18.6 Å². The summed E-state index contributed by atoms with van der Waals surface area (Å²) in [5.41, 5.74) is 0.908. The number of esters is 1. The highest BCUT2D eigenvalue weighted by atomic mass is 16.5. The second kappa shape index (κ2) is 5.18. The van der Waals surface area contributed by atoms with Crippen molar-refractivity contribution in [3.05, 3.63) is 29.8 Å². The summed E-state index contributed by atoms with van der Waals surface area (Å²) in [4.78, 5) is 25.0. The summed E-state index contributed by atoms with van der Waals surface area (Å²) in [6.45, 7) is 0.411. The van der Waals surface area contributed by atoms with Gasteiger partial charge in [-0.2, -0.15) is 0 Å². The number of nitrogens with zero attached hydrogens (tertiary/aromatic N) is 1. The minimum Gasteiger partial charge on any atom is -0.465 e. The second-order valence-electron chi connectivity index (χ2n) is 4.20. The Hall–Kier alpha value is -1.88. The van der Waals surface area contributed by atoms with Crippen LogP contribution in [0.3, 0.4) is 0 Å². The number of hydrogen-bond acceptors (Lipinski definition) is 4. The number of hydrogen-bond donors (Lipinski definition) is 1. The molecule has 1 aliphatic heterocycles. The first-order valence-electron chi connectivity index (χ1n) is 5.79. The third kappa shape index (κ3) is 2.36. The molecule has 0 radical (unpaired) electrons. The van der Waals surface area contributed by atoms with Crippen molar-refractivity contribution in [2.75, 3.05) is 18.6 Å². The molecular formula is C13H15NO4. The Morgan fingerprint density at radius 1 is 1.44 bits per heavy atom. The van der Waals surface area contributed by atoms with E-state index in [1.807, 2.05) is 0 Å². The van der Waals surface area contributed by atoms with Crippen LogP contribution in [0.15, 0.2) is 24.3 Å². The Kier molecular flexibility index (Phi) is 3.62. The molecule has 2 rings (SSSR count). The molecule has 1 fully saturated rings. The Morgan fingerprint density at radius 3 is 2.83 bits per heavy atom. The van der Waals surface area contributed by atoms with Crippen molar-refractivity contribution >= 4 is 17.6 Å². The molecule has 18 heavy (non-hydrogen) atoms. The van der Waals surface area contributed by atoms with Crippen LogP contribution in [0.25, 0.3) is 0 Å². The van der Waals surface area contributed by atoms with Crippen molar-refractivity contribution in [3.8, 4) is 0 Å². The van der Waals surface area contributed by atoms with Gasteiger partial charge in [0.1, 0.15) is 0 Å². The topological polar surface area (TPSA) is 66.8 Å². The van der Waals surface area contributed by atoms with Gasteiger partial charge < -0.3 is 14.7 Å². The van der Waals surface area contributed by atoms with Crippen LogP contribution in [-0.4, -0.2) is 36.7 Å². The zero-order chi connectivity index (χ0) is 13.1. The second-order valence-corrected chi connectivity index (χ2v) is 4.20. The molecule has 0 aromatic heterocycles. The summed E-state index contributed by atoms with van der Waals surface area (Å²) in [5.74, 6) is -0.644. The lowest BCUT2D eigenvalue weighted by molar-refractivity contribution is -0.122. The predicted octanol–water partition coefficient (Wildman–Crippen LogP) is 0.961. The van der Waals surface area contributed by atoms with Crippen molar-refractivity contribution in [2.24, 2.45) is 0 Å². The fourth-order valence-electron chi connectivity index (χ4n) is 2.06. The minimum absolute atomic E-state index is 0.0928. The van der Waals surface area contributed by atoms with Crippen LogP contribution in [0.1, 0.15) is 23.2 Å². The summed E-state index contributed by atoms with van der Waals surface area (Å²) >= 11 is 0. The highest BCUT2D eigenvalue weighted by Crippen LogP contribution is 2.25. The number of methoxy groups -OCH3 is 1. The molecule has 1 unspecified atom stereocenters. The van der Waals surface area contributed by atoms with Crippen LogP contribution in [0.4, 0.5) is 5.69 Å². The molecule has 1 heterocycles. The molecule has 1 aliphatic rings. The van der Waals surface area contributed by atoms with Crippen LogP contribution in [0.5, 0.6) is 0 Å². The van der Waals surface area contributed by atoms with Gasteiger partial charge in [0.25, 0.3) is 0 Å².